The standard InChI is InChI=1S/C34H46N4O2/c1-32(2,3)40-31(39)36-22-14-24-38-28-18-11-9-16-26(28)34(6,7)30(38)20-12-19-29-33(4,5)25-15-8-10-17-27(25)37(29)23-13-21-35/h8-12,15-20H,13-14,21-24,35H2,1-7H3/p+1. The summed E-state index contributed by atoms with van der Waals surface area (Å²) in [4.78, 5) is 14.6. The van der Waals surface area contributed by atoms with Gasteiger partial charge in [0.05, 0.1) is 5.41 Å². The zero-order valence-corrected chi connectivity index (χ0v) is 25.4. The normalized spacial score (nSPS) is 18.4. The van der Waals surface area contributed by atoms with Crippen molar-refractivity contribution in [2.75, 3.05) is 31.1 Å². The van der Waals surface area contributed by atoms with E-state index in [1.807, 2.05) is 20.8 Å². The minimum atomic E-state index is -0.503. The molecule has 0 atom stereocenters. The first-order chi connectivity index (χ1) is 18.9. The molecule has 214 valence electrons. The number of carbonyl (C=O) groups is 1. The summed E-state index contributed by atoms with van der Waals surface area (Å²) in [5.41, 5.74) is 12.9. The molecular weight excluding hydrogens is 496 g/mol. The first-order valence-electron chi connectivity index (χ1n) is 14.5. The quantitative estimate of drug-likeness (QED) is 0.277. The number of anilines is 1. The molecule has 2 heterocycles. The van der Waals surface area contributed by atoms with E-state index >= 15 is 0 Å². The Kier molecular flexibility index (Phi) is 8.60. The van der Waals surface area contributed by atoms with Crippen molar-refractivity contribution in [2.24, 2.45) is 5.73 Å². The van der Waals surface area contributed by atoms with Gasteiger partial charge < -0.3 is 20.7 Å². The van der Waals surface area contributed by atoms with Crippen molar-refractivity contribution in [1.82, 2.24) is 5.32 Å². The number of rotatable bonds is 9. The van der Waals surface area contributed by atoms with E-state index < -0.39 is 5.60 Å². The lowest BCUT2D eigenvalue weighted by molar-refractivity contribution is -0.437. The molecule has 0 aromatic heterocycles. The molecule has 3 N–H and O–H groups in total. The highest BCUT2D eigenvalue weighted by atomic mass is 16.6. The van der Waals surface area contributed by atoms with E-state index in [0.29, 0.717) is 13.1 Å². The third-order valence-corrected chi connectivity index (χ3v) is 7.92. The summed E-state index contributed by atoms with van der Waals surface area (Å²) in [5.74, 6) is 0. The van der Waals surface area contributed by atoms with E-state index in [9.17, 15) is 4.79 Å². The zero-order valence-electron chi connectivity index (χ0n) is 25.4. The number of hydrogen-bond donors (Lipinski definition) is 2. The lowest BCUT2D eigenvalue weighted by Gasteiger charge is -2.27. The van der Waals surface area contributed by atoms with Gasteiger partial charge in [0.25, 0.3) is 0 Å². The smallest absolute Gasteiger partial charge is 0.407 e. The van der Waals surface area contributed by atoms with E-state index in [1.54, 1.807) is 0 Å². The van der Waals surface area contributed by atoms with Crippen LogP contribution < -0.4 is 16.0 Å². The topological polar surface area (TPSA) is 70.6 Å². The Balaban J connectivity index is 1.61. The molecular formula is C34H47N4O2+. The third kappa shape index (κ3) is 6.02. The highest BCUT2D eigenvalue weighted by Crippen LogP contribution is 2.47. The number of fused-ring (bicyclic) bond motifs is 2. The molecule has 2 aliphatic rings. The van der Waals surface area contributed by atoms with Gasteiger partial charge in [-0.3, -0.25) is 0 Å². The average molecular weight is 544 g/mol. The maximum Gasteiger partial charge on any atom is 0.407 e. The molecule has 40 heavy (non-hydrogen) atoms. The van der Waals surface area contributed by atoms with Crippen LogP contribution in [-0.4, -0.2) is 48.2 Å². The van der Waals surface area contributed by atoms with E-state index in [4.69, 9.17) is 10.5 Å². The molecule has 6 nitrogen and oxygen atoms in total. The van der Waals surface area contributed by atoms with Crippen LogP contribution in [-0.2, 0) is 15.6 Å². The van der Waals surface area contributed by atoms with E-state index in [0.717, 1.165) is 25.9 Å². The van der Waals surface area contributed by atoms with Crippen LogP contribution in [0.2, 0.25) is 0 Å². The van der Waals surface area contributed by atoms with Gasteiger partial charge in [-0.15, -0.1) is 0 Å². The molecule has 0 unspecified atom stereocenters. The maximum absolute atomic E-state index is 12.1. The summed E-state index contributed by atoms with van der Waals surface area (Å²) in [7, 11) is 0. The SMILES string of the molecule is CC(C)(C)OC(=O)NCCC[N+]1=C(/C=C/C=C2\N(CCCN)c3ccccc3C2(C)C)C(C)(C)c2ccccc21. The van der Waals surface area contributed by atoms with Crippen molar-refractivity contribution in [3.8, 4) is 0 Å². The average Bonchev–Trinajstić information content (AvgIpc) is 3.23. The number of ether oxygens (including phenoxy) is 1. The fourth-order valence-electron chi connectivity index (χ4n) is 5.99. The van der Waals surface area contributed by atoms with Crippen LogP contribution >= 0.6 is 0 Å². The molecule has 0 bridgehead atoms. The Morgan fingerprint density at radius 2 is 1.68 bits per heavy atom. The number of para-hydroxylation sites is 2. The molecule has 0 radical (unpaired) electrons. The lowest BCUT2D eigenvalue weighted by Crippen LogP contribution is -2.34. The van der Waals surface area contributed by atoms with Crippen LogP contribution in [0, 0.1) is 0 Å². The zero-order chi connectivity index (χ0) is 29.1. The van der Waals surface area contributed by atoms with Gasteiger partial charge in [-0.2, -0.15) is 4.58 Å². The van der Waals surface area contributed by atoms with Gasteiger partial charge >= 0.3 is 6.09 Å². The lowest BCUT2D eigenvalue weighted by atomic mass is 9.81. The van der Waals surface area contributed by atoms with E-state index in [2.05, 4.69) is 109 Å². The number of nitrogens with zero attached hydrogens (tertiary/aromatic N) is 2. The number of carbonyl (C=O) groups excluding carboxylic acids is 1. The van der Waals surface area contributed by atoms with Crippen LogP contribution in [0.5, 0.6) is 0 Å². The summed E-state index contributed by atoms with van der Waals surface area (Å²) >= 11 is 0. The molecule has 6 heteroatoms. The third-order valence-electron chi connectivity index (χ3n) is 7.92. The minimum absolute atomic E-state index is 0.0959. The van der Waals surface area contributed by atoms with E-state index in [1.165, 1.54) is 33.9 Å². The number of hydrogen-bond acceptors (Lipinski definition) is 4. The molecule has 2 aromatic rings. The molecule has 0 saturated heterocycles. The molecule has 4 rings (SSSR count). The fourth-order valence-corrected chi connectivity index (χ4v) is 5.99. The van der Waals surface area contributed by atoms with E-state index in [-0.39, 0.29) is 16.9 Å². The summed E-state index contributed by atoms with van der Waals surface area (Å²) in [6.07, 6.45) is 8.14. The van der Waals surface area contributed by atoms with Crippen LogP contribution in [0.25, 0.3) is 0 Å². The maximum atomic E-state index is 12.1. The van der Waals surface area contributed by atoms with Crippen molar-refractivity contribution >= 4 is 23.2 Å². The molecule has 0 saturated carbocycles. The Morgan fingerprint density at radius 3 is 2.38 bits per heavy atom. The Morgan fingerprint density at radius 1 is 1.00 bits per heavy atom. The number of amides is 1. The van der Waals surface area contributed by atoms with Gasteiger partial charge in [0.15, 0.2) is 12.3 Å². The summed E-state index contributed by atoms with van der Waals surface area (Å²) < 4.78 is 7.80. The van der Waals surface area contributed by atoms with Crippen LogP contribution in [0.15, 0.2) is 72.5 Å². The molecule has 0 aliphatic carbocycles. The van der Waals surface area contributed by atoms with Crippen molar-refractivity contribution in [3.63, 3.8) is 0 Å². The second kappa shape index (κ2) is 11.6. The number of alkyl carbamates (subject to hydrolysis) is 1. The van der Waals surface area contributed by atoms with Gasteiger partial charge in [0, 0.05) is 54.0 Å². The molecule has 2 aromatic carbocycles. The Hall–Kier alpha value is -3.38. The Bertz CT molecular complexity index is 1330. The second-order valence-corrected chi connectivity index (χ2v) is 12.8. The Labute approximate surface area is 240 Å². The van der Waals surface area contributed by atoms with Crippen LogP contribution in [0.3, 0.4) is 0 Å². The molecule has 1 amide bonds. The fraction of sp³-hybridized carbons (Fsp3) is 0.471. The predicted octanol–water partition coefficient (Wildman–Crippen LogP) is 6.56. The second-order valence-electron chi connectivity index (χ2n) is 12.8. The first kappa shape index (κ1) is 29.6. The number of nitrogens with one attached hydrogen (secondary N) is 1. The van der Waals surface area contributed by atoms with Gasteiger partial charge in [-0.25, -0.2) is 4.79 Å². The van der Waals surface area contributed by atoms with Crippen molar-refractivity contribution in [3.05, 3.63) is 83.6 Å². The summed E-state index contributed by atoms with van der Waals surface area (Å²) in [6.45, 7) is 17.8. The highest BCUT2D eigenvalue weighted by molar-refractivity contribution is 6.03. The predicted molar refractivity (Wildman–Crippen MR) is 166 cm³/mol. The largest absolute Gasteiger partial charge is 0.444 e. The van der Waals surface area contributed by atoms with Crippen molar-refractivity contribution in [1.29, 1.82) is 0 Å². The van der Waals surface area contributed by atoms with Gasteiger partial charge in [-0.05, 0) is 65.3 Å². The number of allylic oxidation sites excluding steroid dienone is 4. The van der Waals surface area contributed by atoms with Gasteiger partial charge in [-0.1, -0.05) is 56.3 Å². The van der Waals surface area contributed by atoms with Gasteiger partial charge in [0.1, 0.15) is 5.60 Å². The van der Waals surface area contributed by atoms with Crippen molar-refractivity contribution < 1.29 is 14.1 Å². The number of benzene rings is 2. The summed E-state index contributed by atoms with van der Waals surface area (Å²) in [5, 5.41) is 2.90. The molecule has 0 fully saturated rings. The molecule has 2 aliphatic heterocycles. The first-order valence-corrected chi connectivity index (χ1v) is 14.5. The summed E-state index contributed by atoms with van der Waals surface area (Å²) in [6, 6.07) is 17.4. The number of nitrogens with two attached hydrogens (primary N) is 1. The van der Waals surface area contributed by atoms with Crippen LogP contribution in [0.1, 0.15) is 72.4 Å². The monoisotopic (exact) mass is 543 g/mol. The van der Waals surface area contributed by atoms with Crippen molar-refractivity contribution in [2.45, 2.75) is 77.7 Å². The highest BCUT2D eigenvalue weighted by Gasteiger charge is 2.44. The van der Waals surface area contributed by atoms with Crippen LogP contribution in [0.4, 0.5) is 16.2 Å². The van der Waals surface area contributed by atoms with Gasteiger partial charge in [0.2, 0.25) is 5.69 Å². The minimum Gasteiger partial charge on any atom is -0.444 e. The molecule has 0 spiro atoms.